The Kier molecular flexibility index (Phi) is 9.17. The number of anilines is 4. The fourth-order valence-corrected chi connectivity index (χ4v) is 7.42. The molecular formula is C36H44N10O3. The number of aromatic nitrogens is 4. The zero-order chi connectivity index (χ0) is 34.1. The summed E-state index contributed by atoms with van der Waals surface area (Å²) in [4.78, 5) is 59.3. The highest BCUT2D eigenvalue weighted by molar-refractivity contribution is 6.06. The lowest BCUT2D eigenvalue weighted by Gasteiger charge is -2.38. The molecule has 7 rings (SSSR count). The molecule has 13 heteroatoms. The highest BCUT2D eigenvalue weighted by atomic mass is 16.2. The molecule has 0 unspecified atom stereocenters. The van der Waals surface area contributed by atoms with Gasteiger partial charge in [0.05, 0.1) is 11.9 Å². The number of hydrogen-bond acceptors (Lipinski definition) is 9. The van der Waals surface area contributed by atoms with Gasteiger partial charge in [0.25, 0.3) is 5.91 Å². The second-order valence-corrected chi connectivity index (χ2v) is 13.6. The second-order valence-electron chi connectivity index (χ2n) is 13.6. The number of rotatable bonds is 9. The van der Waals surface area contributed by atoms with E-state index >= 15 is 0 Å². The fourth-order valence-electron chi connectivity index (χ4n) is 7.42. The lowest BCUT2D eigenvalue weighted by Crippen LogP contribution is -2.50. The lowest BCUT2D eigenvalue weighted by atomic mass is 10.0. The summed E-state index contributed by atoms with van der Waals surface area (Å²) in [5, 5.41) is 6.56. The number of pyridine rings is 1. The molecule has 0 spiro atoms. The van der Waals surface area contributed by atoms with Crippen molar-refractivity contribution in [1.29, 1.82) is 0 Å². The molecular weight excluding hydrogens is 620 g/mol. The van der Waals surface area contributed by atoms with E-state index in [2.05, 4.69) is 49.2 Å². The van der Waals surface area contributed by atoms with Crippen LogP contribution < -0.4 is 20.4 Å². The summed E-state index contributed by atoms with van der Waals surface area (Å²) in [5.74, 6) is 0.857. The van der Waals surface area contributed by atoms with E-state index in [0.717, 1.165) is 79.6 Å². The zero-order valence-corrected chi connectivity index (χ0v) is 28.4. The van der Waals surface area contributed by atoms with Gasteiger partial charge in [-0.25, -0.2) is 14.8 Å². The Morgan fingerprint density at radius 1 is 0.959 bits per heavy atom. The number of fused-ring (bicyclic) bond motifs is 1. The normalized spacial score (nSPS) is 17.6. The number of amides is 4. The lowest BCUT2D eigenvalue weighted by molar-refractivity contribution is -0.120. The highest BCUT2D eigenvalue weighted by Crippen LogP contribution is 2.35. The third-order valence-electron chi connectivity index (χ3n) is 10.1. The summed E-state index contributed by atoms with van der Waals surface area (Å²) in [6.07, 6.45) is 10.4. The van der Waals surface area contributed by atoms with Crippen LogP contribution in [0.1, 0.15) is 67.0 Å². The Morgan fingerprint density at radius 3 is 2.45 bits per heavy atom. The standard InChI is InChI=1S/C36H44N10O3/c1-42(2)34(48)30-20-25-21-38-35(41-33(25)46(30)27-9-5-6-10-27)39-31-13-12-28(22-37-31)44-17-14-26(15-18-44)43(3)23-24-8-4-7-11-29(24)45-19-16-32(47)40-36(45)49/h4,7-8,11-13,20-22,26-27H,5-6,9-10,14-19,23H2,1-3H3,(H,40,47,49)(H,37,38,39,41). The molecule has 2 N–H and O–H groups in total. The summed E-state index contributed by atoms with van der Waals surface area (Å²) in [7, 11) is 5.70. The van der Waals surface area contributed by atoms with Gasteiger partial charge in [-0.05, 0) is 62.6 Å². The van der Waals surface area contributed by atoms with Gasteiger partial charge < -0.3 is 19.7 Å². The molecule has 3 aliphatic rings. The first-order chi connectivity index (χ1) is 23.7. The summed E-state index contributed by atoms with van der Waals surface area (Å²) >= 11 is 0. The van der Waals surface area contributed by atoms with Crippen molar-refractivity contribution in [2.45, 2.75) is 63.6 Å². The number of nitrogens with zero attached hydrogens (tertiary/aromatic N) is 8. The number of carbonyl (C=O) groups excluding carboxylic acids is 3. The van der Waals surface area contributed by atoms with Crippen molar-refractivity contribution in [3.63, 3.8) is 0 Å². The molecule has 3 fully saturated rings. The molecule has 0 atom stereocenters. The average molecular weight is 665 g/mol. The molecule has 2 aliphatic heterocycles. The number of imide groups is 1. The molecule has 0 radical (unpaired) electrons. The Balaban J connectivity index is 0.978. The number of para-hydroxylation sites is 1. The van der Waals surface area contributed by atoms with Crippen LogP contribution >= 0.6 is 0 Å². The van der Waals surface area contributed by atoms with Crippen LogP contribution in [0.2, 0.25) is 0 Å². The summed E-state index contributed by atoms with van der Waals surface area (Å²) in [6.45, 7) is 2.93. The van der Waals surface area contributed by atoms with E-state index in [9.17, 15) is 14.4 Å². The van der Waals surface area contributed by atoms with Crippen LogP contribution in [-0.4, -0.2) is 94.0 Å². The third-order valence-corrected chi connectivity index (χ3v) is 10.1. The van der Waals surface area contributed by atoms with Gasteiger partial charge in [-0.15, -0.1) is 0 Å². The Bertz CT molecular complexity index is 1840. The first kappa shape index (κ1) is 32.5. The SMILES string of the molecule is CN(C)C(=O)c1cc2cnc(Nc3ccc(N4CCC(N(C)Cc5ccccc5N5CCC(=O)NC5=O)CC4)cn3)nc2n1C1CCCC1. The van der Waals surface area contributed by atoms with Crippen molar-refractivity contribution in [2.75, 3.05) is 55.9 Å². The quantitative estimate of drug-likeness (QED) is 0.256. The van der Waals surface area contributed by atoms with Crippen LogP contribution in [0, 0.1) is 0 Å². The van der Waals surface area contributed by atoms with Crippen LogP contribution in [-0.2, 0) is 11.3 Å². The van der Waals surface area contributed by atoms with Crippen LogP contribution in [0.15, 0.2) is 54.9 Å². The molecule has 1 aliphatic carbocycles. The zero-order valence-electron chi connectivity index (χ0n) is 28.4. The number of nitrogens with one attached hydrogen (secondary N) is 2. The molecule has 49 heavy (non-hydrogen) atoms. The predicted octanol–water partition coefficient (Wildman–Crippen LogP) is 4.93. The molecule has 4 aromatic rings. The van der Waals surface area contributed by atoms with E-state index in [-0.39, 0.29) is 23.9 Å². The predicted molar refractivity (Wildman–Crippen MR) is 189 cm³/mol. The van der Waals surface area contributed by atoms with E-state index in [1.165, 1.54) is 0 Å². The van der Waals surface area contributed by atoms with Gasteiger partial charge >= 0.3 is 6.03 Å². The average Bonchev–Trinajstić information content (AvgIpc) is 3.77. The molecule has 2 saturated heterocycles. The summed E-state index contributed by atoms with van der Waals surface area (Å²) in [5.41, 5.74) is 4.43. The molecule has 13 nitrogen and oxygen atoms in total. The largest absolute Gasteiger partial charge is 0.370 e. The van der Waals surface area contributed by atoms with Crippen molar-refractivity contribution in [1.82, 2.24) is 34.6 Å². The van der Waals surface area contributed by atoms with E-state index in [4.69, 9.17) is 9.97 Å². The molecule has 256 valence electrons. The van der Waals surface area contributed by atoms with Gasteiger partial charge in [-0.2, -0.15) is 4.98 Å². The molecule has 3 aromatic heterocycles. The van der Waals surface area contributed by atoms with Gasteiger partial charge in [0.2, 0.25) is 11.9 Å². The van der Waals surface area contributed by atoms with Gasteiger partial charge in [0.15, 0.2) is 0 Å². The third kappa shape index (κ3) is 6.80. The maximum Gasteiger partial charge on any atom is 0.328 e. The van der Waals surface area contributed by atoms with Crippen molar-refractivity contribution in [3.05, 3.63) is 66.1 Å². The Hall–Kier alpha value is -5.04. The van der Waals surface area contributed by atoms with Crippen molar-refractivity contribution in [2.24, 2.45) is 0 Å². The van der Waals surface area contributed by atoms with Crippen LogP contribution in [0.5, 0.6) is 0 Å². The molecule has 4 amide bonds. The minimum absolute atomic E-state index is 0.0272. The van der Waals surface area contributed by atoms with Crippen LogP contribution in [0.4, 0.5) is 27.9 Å². The first-order valence-electron chi connectivity index (χ1n) is 17.2. The van der Waals surface area contributed by atoms with E-state index < -0.39 is 0 Å². The minimum atomic E-state index is -0.357. The van der Waals surface area contributed by atoms with Crippen molar-refractivity contribution < 1.29 is 14.4 Å². The van der Waals surface area contributed by atoms with Gasteiger partial charge in [0, 0.05) is 76.0 Å². The second kappa shape index (κ2) is 13.8. The molecule has 1 aromatic carbocycles. The molecule has 5 heterocycles. The minimum Gasteiger partial charge on any atom is -0.370 e. The summed E-state index contributed by atoms with van der Waals surface area (Å²) < 4.78 is 2.12. The monoisotopic (exact) mass is 664 g/mol. The van der Waals surface area contributed by atoms with Gasteiger partial charge in [-0.3, -0.25) is 24.7 Å². The van der Waals surface area contributed by atoms with E-state index in [1.54, 1.807) is 30.1 Å². The van der Waals surface area contributed by atoms with E-state index in [1.807, 2.05) is 36.5 Å². The highest BCUT2D eigenvalue weighted by Gasteiger charge is 2.29. The van der Waals surface area contributed by atoms with Crippen molar-refractivity contribution >= 4 is 52.0 Å². The number of urea groups is 1. The molecule has 0 bridgehead atoms. The number of hydrogen-bond donors (Lipinski definition) is 2. The Morgan fingerprint density at radius 2 is 1.73 bits per heavy atom. The fraction of sp³-hybridized carbons (Fsp3) is 0.444. The number of carbonyl (C=O) groups is 3. The maximum atomic E-state index is 13.0. The van der Waals surface area contributed by atoms with Gasteiger partial charge in [-0.1, -0.05) is 31.0 Å². The van der Waals surface area contributed by atoms with Crippen LogP contribution in [0.25, 0.3) is 11.0 Å². The topological polar surface area (TPSA) is 132 Å². The maximum absolute atomic E-state index is 13.0. The molecule has 1 saturated carbocycles. The summed E-state index contributed by atoms with van der Waals surface area (Å²) in [6, 6.07) is 14.2. The Labute approximate surface area is 286 Å². The smallest absolute Gasteiger partial charge is 0.328 e. The van der Waals surface area contributed by atoms with Gasteiger partial charge in [0.1, 0.15) is 17.2 Å². The van der Waals surface area contributed by atoms with Crippen molar-refractivity contribution in [3.8, 4) is 0 Å². The van der Waals surface area contributed by atoms with E-state index in [0.29, 0.717) is 43.0 Å². The van der Waals surface area contributed by atoms with Crippen LogP contribution in [0.3, 0.4) is 0 Å². The number of benzene rings is 1. The number of piperidine rings is 1. The first-order valence-corrected chi connectivity index (χ1v) is 17.2.